The summed E-state index contributed by atoms with van der Waals surface area (Å²) in [6.45, 7) is 0. The van der Waals surface area contributed by atoms with Gasteiger partial charge in [0.1, 0.15) is 11.2 Å². The lowest BCUT2D eigenvalue weighted by Crippen LogP contribution is -2.09. The van der Waals surface area contributed by atoms with Crippen LogP contribution in [-0.2, 0) is 0 Å². The Morgan fingerprint density at radius 3 is 1.50 bits per heavy atom. The van der Waals surface area contributed by atoms with Gasteiger partial charge in [-0.25, -0.2) is 0 Å². The molecule has 2 heteroatoms. The van der Waals surface area contributed by atoms with E-state index in [4.69, 9.17) is 4.42 Å². The van der Waals surface area contributed by atoms with Crippen LogP contribution in [0.2, 0.25) is 0 Å². The highest BCUT2D eigenvalue weighted by Crippen LogP contribution is 2.39. The van der Waals surface area contributed by atoms with E-state index in [0.29, 0.717) is 0 Å². The molecule has 0 amide bonds. The monoisotopic (exact) mass is 663 g/mol. The second-order valence-electron chi connectivity index (χ2n) is 13.4. The maximum Gasteiger partial charge on any atom is 0.135 e. The molecule has 0 unspecified atom stereocenters. The van der Waals surface area contributed by atoms with E-state index in [2.05, 4.69) is 193 Å². The third kappa shape index (κ3) is 5.30. The molecule has 244 valence electrons. The van der Waals surface area contributed by atoms with Gasteiger partial charge >= 0.3 is 0 Å². The molecule has 10 aromatic rings. The van der Waals surface area contributed by atoms with E-state index in [9.17, 15) is 0 Å². The van der Waals surface area contributed by atoms with Gasteiger partial charge in [0.05, 0.1) is 0 Å². The van der Waals surface area contributed by atoms with Crippen LogP contribution in [0.3, 0.4) is 0 Å². The minimum Gasteiger partial charge on any atom is -0.456 e. The molecule has 9 aromatic carbocycles. The van der Waals surface area contributed by atoms with Gasteiger partial charge in [-0.2, -0.15) is 0 Å². The van der Waals surface area contributed by atoms with E-state index in [1.165, 1.54) is 43.8 Å². The molecule has 0 aliphatic rings. The number of nitrogens with zero attached hydrogens (tertiary/aromatic N) is 1. The van der Waals surface area contributed by atoms with Gasteiger partial charge in [0.15, 0.2) is 0 Å². The molecule has 2 nitrogen and oxygen atoms in total. The second kappa shape index (κ2) is 12.5. The molecular formula is C50H33NO. The van der Waals surface area contributed by atoms with Crippen molar-refractivity contribution in [3.05, 3.63) is 200 Å². The Labute approximate surface area is 302 Å². The Bertz CT molecular complexity index is 2880. The molecule has 52 heavy (non-hydrogen) atoms. The molecule has 0 saturated heterocycles. The highest BCUT2D eigenvalue weighted by molar-refractivity contribution is 6.06. The number of benzene rings is 9. The number of anilines is 3. The molecular weight excluding hydrogens is 631 g/mol. The predicted molar refractivity (Wildman–Crippen MR) is 220 cm³/mol. The van der Waals surface area contributed by atoms with E-state index < -0.39 is 0 Å². The number of furan rings is 1. The Morgan fingerprint density at radius 1 is 0.288 bits per heavy atom. The van der Waals surface area contributed by atoms with E-state index in [-0.39, 0.29) is 0 Å². The van der Waals surface area contributed by atoms with E-state index >= 15 is 0 Å². The molecule has 1 heterocycles. The molecule has 0 atom stereocenters. The maximum atomic E-state index is 6.10. The van der Waals surface area contributed by atoms with Crippen LogP contribution in [0, 0.1) is 0 Å². The Hall–Kier alpha value is -6.90. The lowest BCUT2D eigenvalue weighted by atomic mass is 9.98. The zero-order chi connectivity index (χ0) is 34.4. The molecule has 1 aromatic heterocycles. The smallest absolute Gasteiger partial charge is 0.135 e. The average Bonchev–Trinajstić information content (AvgIpc) is 3.59. The van der Waals surface area contributed by atoms with Gasteiger partial charge in [-0.05, 0) is 116 Å². The van der Waals surface area contributed by atoms with Gasteiger partial charge in [0.25, 0.3) is 0 Å². The molecule has 0 spiro atoms. The first-order valence-electron chi connectivity index (χ1n) is 17.7. The molecule has 0 aliphatic heterocycles. The Balaban J connectivity index is 1.04. The summed E-state index contributed by atoms with van der Waals surface area (Å²) in [6.07, 6.45) is 0. The van der Waals surface area contributed by atoms with Gasteiger partial charge in [-0.15, -0.1) is 0 Å². The number of para-hydroxylation sites is 1. The highest BCUT2D eigenvalue weighted by atomic mass is 16.3. The molecule has 0 fully saturated rings. The first-order valence-corrected chi connectivity index (χ1v) is 17.7. The summed E-state index contributed by atoms with van der Waals surface area (Å²) < 4.78 is 6.10. The number of hydrogen-bond acceptors (Lipinski definition) is 2. The van der Waals surface area contributed by atoms with Crippen molar-refractivity contribution in [1.82, 2.24) is 0 Å². The van der Waals surface area contributed by atoms with Crippen LogP contribution in [0.25, 0.3) is 76.9 Å². The van der Waals surface area contributed by atoms with Crippen molar-refractivity contribution in [3.63, 3.8) is 0 Å². The SMILES string of the molecule is c1ccc2cc(-c3ccc(N(c4ccc(-c5ccc6oc7ccccc7c6c5)cc4)c4ccc(-c5cccc6ccccc56)cc4)cc3)ccc2c1. The van der Waals surface area contributed by atoms with Crippen molar-refractivity contribution >= 4 is 60.5 Å². The lowest BCUT2D eigenvalue weighted by Gasteiger charge is -2.26. The summed E-state index contributed by atoms with van der Waals surface area (Å²) in [5.41, 5.74) is 12.3. The quantitative estimate of drug-likeness (QED) is 0.176. The van der Waals surface area contributed by atoms with E-state index in [1.54, 1.807) is 0 Å². The molecule has 0 bridgehead atoms. The Morgan fingerprint density at radius 2 is 0.788 bits per heavy atom. The minimum absolute atomic E-state index is 0.909. The molecule has 0 aliphatic carbocycles. The molecule has 0 N–H and O–H groups in total. The van der Waals surface area contributed by atoms with Crippen LogP contribution in [0.5, 0.6) is 0 Å². The summed E-state index contributed by atoms with van der Waals surface area (Å²) in [5.74, 6) is 0. The van der Waals surface area contributed by atoms with Crippen LogP contribution in [-0.4, -0.2) is 0 Å². The normalized spacial score (nSPS) is 11.5. The first-order chi connectivity index (χ1) is 25.7. The highest BCUT2D eigenvalue weighted by Gasteiger charge is 2.15. The number of fused-ring (bicyclic) bond motifs is 5. The summed E-state index contributed by atoms with van der Waals surface area (Å²) >= 11 is 0. The van der Waals surface area contributed by atoms with Crippen molar-refractivity contribution in [2.45, 2.75) is 0 Å². The van der Waals surface area contributed by atoms with E-state index in [1.807, 2.05) is 12.1 Å². The minimum atomic E-state index is 0.909. The van der Waals surface area contributed by atoms with Crippen LogP contribution >= 0.6 is 0 Å². The largest absolute Gasteiger partial charge is 0.456 e. The molecule has 10 rings (SSSR count). The third-order valence-electron chi connectivity index (χ3n) is 10.3. The van der Waals surface area contributed by atoms with Gasteiger partial charge in [0, 0.05) is 27.8 Å². The van der Waals surface area contributed by atoms with Crippen molar-refractivity contribution in [3.8, 4) is 33.4 Å². The zero-order valence-electron chi connectivity index (χ0n) is 28.4. The second-order valence-corrected chi connectivity index (χ2v) is 13.4. The summed E-state index contributed by atoms with van der Waals surface area (Å²) in [7, 11) is 0. The fourth-order valence-corrected chi connectivity index (χ4v) is 7.59. The maximum absolute atomic E-state index is 6.10. The van der Waals surface area contributed by atoms with Crippen molar-refractivity contribution < 1.29 is 4.42 Å². The summed E-state index contributed by atoms with van der Waals surface area (Å²) in [4.78, 5) is 2.34. The summed E-state index contributed by atoms with van der Waals surface area (Å²) in [6, 6.07) is 71.8. The van der Waals surface area contributed by atoms with Gasteiger partial charge in [0.2, 0.25) is 0 Å². The standard InChI is InChI=1S/C50H33NO/c1-2-10-39-32-40(17-16-34(39)8-1)35-18-25-42(26-19-35)51(44-29-22-38(23-30-44)46-14-7-11-37-9-3-4-12-45(37)46)43-27-20-36(21-28-43)41-24-31-50-48(33-41)47-13-5-6-15-49(47)52-50/h1-33H. The Kier molecular flexibility index (Phi) is 7.18. The van der Waals surface area contributed by atoms with Crippen molar-refractivity contribution in [1.29, 1.82) is 0 Å². The molecule has 0 radical (unpaired) electrons. The van der Waals surface area contributed by atoms with Crippen LogP contribution in [0.15, 0.2) is 205 Å². The zero-order valence-corrected chi connectivity index (χ0v) is 28.4. The average molecular weight is 664 g/mol. The van der Waals surface area contributed by atoms with Crippen molar-refractivity contribution in [2.24, 2.45) is 0 Å². The van der Waals surface area contributed by atoms with Gasteiger partial charge < -0.3 is 9.32 Å². The molecule has 0 saturated carbocycles. The first kappa shape index (κ1) is 30.0. The third-order valence-corrected chi connectivity index (χ3v) is 10.3. The van der Waals surface area contributed by atoms with E-state index in [0.717, 1.165) is 50.1 Å². The topological polar surface area (TPSA) is 16.4 Å². The van der Waals surface area contributed by atoms with Crippen molar-refractivity contribution in [2.75, 3.05) is 4.90 Å². The van der Waals surface area contributed by atoms with Crippen LogP contribution in [0.4, 0.5) is 17.1 Å². The fourth-order valence-electron chi connectivity index (χ4n) is 7.59. The summed E-state index contributed by atoms with van der Waals surface area (Å²) in [5, 5.41) is 7.28. The number of hydrogen-bond donors (Lipinski definition) is 0. The fraction of sp³-hybridized carbons (Fsp3) is 0. The number of rotatable bonds is 6. The van der Waals surface area contributed by atoms with Gasteiger partial charge in [-0.1, -0.05) is 140 Å². The van der Waals surface area contributed by atoms with Crippen LogP contribution in [0.1, 0.15) is 0 Å². The van der Waals surface area contributed by atoms with Gasteiger partial charge in [-0.3, -0.25) is 0 Å². The van der Waals surface area contributed by atoms with Crippen LogP contribution < -0.4 is 4.90 Å². The lowest BCUT2D eigenvalue weighted by molar-refractivity contribution is 0.669. The predicted octanol–water partition coefficient (Wildman–Crippen LogP) is 14.4.